The number of amides is 3. The number of nitrogens with zero attached hydrogens (tertiary/aromatic N) is 3. The third-order valence-electron chi connectivity index (χ3n) is 7.44. The molecule has 0 radical (unpaired) electrons. The lowest BCUT2D eigenvalue weighted by Gasteiger charge is -2.47. The first-order valence-electron chi connectivity index (χ1n) is 12.0. The Morgan fingerprint density at radius 3 is 2.18 bits per heavy atom. The Bertz CT molecular complexity index is 1190. The molecule has 206 valence electrons. The number of carbonyl (C=O) groups excluding carboxylic acids is 2. The highest BCUT2D eigenvalue weighted by Crippen LogP contribution is 2.42. The topological polar surface area (TPSA) is 43.9 Å². The monoisotopic (exact) mass is 545 g/mol. The minimum atomic E-state index is -5.03. The maximum absolute atomic E-state index is 15.1. The third kappa shape index (κ3) is 5.04. The van der Waals surface area contributed by atoms with Crippen molar-refractivity contribution in [3.8, 4) is 0 Å². The Morgan fingerprint density at radius 1 is 1.03 bits per heavy atom. The average Bonchev–Trinajstić information content (AvgIpc) is 3.22. The number of benzene rings is 2. The van der Waals surface area contributed by atoms with Crippen molar-refractivity contribution in [2.75, 3.05) is 20.1 Å². The molecule has 12 heteroatoms. The molecule has 2 saturated heterocycles. The molecule has 2 aliphatic rings. The molecule has 2 fully saturated rings. The number of fused-ring (bicyclic) bond motifs is 1. The lowest BCUT2D eigenvalue weighted by Crippen LogP contribution is -2.57. The van der Waals surface area contributed by atoms with Crippen LogP contribution in [0.5, 0.6) is 0 Å². The van der Waals surface area contributed by atoms with Crippen molar-refractivity contribution < 1.29 is 40.3 Å². The van der Waals surface area contributed by atoms with Crippen molar-refractivity contribution in [3.63, 3.8) is 0 Å². The summed E-state index contributed by atoms with van der Waals surface area (Å²) in [6, 6.07) is 2.39. The van der Waals surface area contributed by atoms with Crippen LogP contribution in [0.15, 0.2) is 36.4 Å². The van der Waals surface area contributed by atoms with Gasteiger partial charge in [-0.05, 0) is 55.7 Å². The van der Waals surface area contributed by atoms with Gasteiger partial charge in [0.25, 0.3) is 0 Å². The van der Waals surface area contributed by atoms with Crippen LogP contribution in [0.3, 0.4) is 0 Å². The Morgan fingerprint density at radius 2 is 1.63 bits per heavy atom. The number of carbonyl (C=O) groups is 2. The summed E-state index contributed by atoms with van der Waals surface area (Å²) in [5.74, 6) is -0.691. The van der Waals surface area contributed by atoms with Gasteiger partial charge in [0.2, 0.25) is 5.91 Å². The molecule has 3 amide bonds. The van der Waals surface area contributed by atoms with E-state index in [0.717, 1.165) is 4.90 Å². The van der Waals surface area contributed by atoms with Gasteiger partial charge in [-0.25, -0.2) is 9.18 Å². The molecular weight excluding hydrogens is 519 g/mol. The third-order valence-corrected chi connectivity index (χ3v) is 7.44. The highest BCUT2D eigenvalue weighted by Gasteiger charge is 2.47. The minimum absolute atomic E-state index is 0.0208. The summed E-state index contributed by atoms with van der Waals surface area (Å²) in [5, 5.41) is 0. The molecule has 0 saturated carbocycles. The van der Waals surface area contributed by atoms with E-state index in [1.165, 1.54) is 31.0 Å². The molecule has 0 aromatic heterocycles. The molecule has 0 N–H and O–H groups in total. The highest BCUT2D eigenvalue weighted by molar-refractivity contribution is 5.81. The zero-order chi connectivity index (χ0) is 28.2. The predicted octanol–water partition coefficient (Wildman–Crippen LogP) is 6.33. The van der Waals surface area contributed by atoms with Gasteiger partial charge in [0.05, 0.1) is 29.3 Å². The number of urea groups is 1. The summed E-state index contributed by atoms with van der Waals surface area (Å²) in [7, 11) is 1.28. The van der Waals surface area contributed by atoms with Crippen molar-refractivity contribution in [1.82, 2.24) is 14.7 Å². The first kappa shape index (κ1) is 27.7. The second-order valence-corrected chi connectivity index (χ2v) is 9.71. The number of rotatable bonds is 3. The zero-order valence-electron chi connectivity index (χ0n) is 20.8. The lowest BCUT2D eigenvalue weighted by molar-refractivity contribution is -0.143. The summed E-state index contributed by atoms with van der Waals surface area (Å²) < 4.78 is 95.5. The molecule has 0 bridgehead atoms. The fourth-order valence-corrected chi connectivity index (χ4v) is 5.33. The second-order valence-electron chi connectivity index (χ2n) is 9.71. The SMILES string of the molecule is Cc1cccc(F)c1[C@H]1[C@@H]2CCC(=O)N2CCN1C(=O)N(C)[C@H](C)c1cc(C(F)(F)F)cc(C(F)(F)F)c1. The standard InChI is InChI=1S/C26H26F7N3O2/c1-14-5-4-6-19(27)22(14)23-20-7-8-21(37)35(20)9-10-36(23)24(38)34(3)15(2)16-11-17(25(28,29)30)13-18(12-16)26(31,32)33/h4-6,11-13,15,20,23H,7-10H2,1-3H3/t15-,20+,23-/m1/s1. The van der Waals surface area contributed by atoms with Crippen LogP contribution >= 0.6 is 0 Å². The summed E-state index contributed by atoms with van der Waals surface area (Å²) in [6.45, 7) is 3.20. The molecule has 0 aliphatic carbocycles. The number of aryl methyl sites for hydroxylation is 1. The van der Waals surface area contributed by atoms with E-state index in [9.17, 15) is 35.9 Å². The molecular formula is C26H26F7N3O2. The molecule has 38 heavy (non-hydrogen) atoms. The van der Waals surface area contributed by atoms with Gasteiger partial charge in [0.15, 0.2) is 0 Å². The van der Waals surface area contributed by atoms with Crippen LogP contribution in [0.2, 0.25) is 0 Å². The van der Waals surface area contributed by atoms with E-state index in [2.05, 4.69) is 0 Å². The normalized spacial score (nSPS) is 20.9. The lowest BCUT2D eigenvalue weighted by atomic mass is 9.90. The van der Waals surface area contributed by atoms with Crippen molar-refractivity contribution in [1.29, 1.82) is 0 Å². The molecule has 4 rings (SSSR count). The number of hydrogen-bond donors (Lipinski definition) is 0. The van der Waals surface area contributed by atoms with Gasteiger partial charge >= 0.3 is 18.4 Å². The van der Waals surface area contributed by atoms with Gasteiger partial charge in [-0.1, -0.05) is 12.1 Å². The molecule has 0 unspecified atom stereocenters. The quantitative estimate of drug-likeness (QED) is 0.423. The van der Waals surface area contributed by atoms with E-state index >= 15 is 4.39 Å². The highest BCUT2D eigenvalue weighted by atomic mass is 19.4. The Hall–Kier alpha value is -3.31. The van der Waals surface area contributed by atoms with Crippen molar-refractivity contribution >= 4 is 11.9 Å². The number of halogens is 7. The summed E-state index contributed by atoms with van der Waals surface area (Å²) in [5.41, 5.74) is -2.53. The Labute approximate surface area is 214 Å². The zero-order valence-corrected chi connectivity index (χ0v) is 20.8. The van der Waals surface area contributed by atoms with E-state index < -0.39 is 53.5 Å². The molecule has 2 aromatic rings. The van der Waals surface area contributed by atoms with Gasteiger partial charge < -0.3 is 14.7 Å². The van der Waals surface area contributed by atoms with E-state index in [-0.39, 0.29) is 42.6 Å². The number of alkyl halides is 6. The molecule has 2 aromatic carbocycles. The van der Waals surface area contributed by atoms with Crippen LogP contribution in [0.25, 0.3) is 0 Å². The van der Waals surface area contributed by atoms with Crippen molar-refractivity contribution in [3.05, 3.63) is 70.0 Å². The van der Waals surface area contributed by atoms with E-state index in [1.807, 2.05) is 0 Å². The van der Waals surface area contributed by atoms with Crippen LogP contribution in [-0.4, -0.2) is 52.8 Å². The van der Waals surface area contributed by atoms with Crippen molar-refractivity contribution in [2.45, 2.75) is 57.2 Å². The molecule has 5 nitrogen and oxygen atoms in total. The van der Waals surface area contributed by atoms with E-state index in [1.54, 1.807) is 17.9 Å². The fourth-order valence-electron chi connectivity index (χ4n) is 5.33. The maximum atomic E-state index is 15.1. The molecule has 3 atom stereocenters. The van der Waals surface area contributed by atoms with E-state index in [0.29, 0.717) is 24.1 Å². The van der Waals surface area contributed by atoms with Gasteiger partial charge in [0.1, 0.15) is 5.82 Å². The predicted molar refractivity (Wildman–Crippen MR) is 123 cm³/mol. The van der Waals surface area contributed by atoms with Crippen LogP contribution in [0.4, 0.5) is 35.5 Å². The van der Waals surface area contributed by atoms with Gasteiger partial charge in [-0.3, -0.25) is 4.79 Å². The van der Waals surface area contributed by atoms with E-state index in [4.69, 9.17) is 0 Å². The smallest absolute Gasteiger partial charge is 0.335 e. The van der Waals surface area contributed by atoms with Crippen LogP contribution in [0, 0.1) is 12.7 Å². The summed E-state index contributed by atoms with van der Waals surface area (Å²) in [4.78, 5) is 30.2. The molecule has 2 heterocycles. The van der Waals surface area contributed by atoms with Crippen LogP contribution in [-0.2, 0) is 17.1 Å². The van der Waals surface area contributed by atoms with Gasteiger partial charge in [-0.15, -0.1) is 0 Å². The Balaban J connectivity index is 1.72. The van der Waals surface area contributed by atoms with Crippen LogP contribution in [0.1, 0.15) is 59.7 Å². The number of piperazine rings is 1. The van der Waals surface area contributed by atoms with Crippen molar-refractivity contribution in [2.24, 2.45) is 0 Å². The van der Waals surface area contributed by atoms with Crippen LogP contribution < -0.4 is 0 Å². The first-order chi connectivity index (χ1) is 17.6. The largest absolute Gasteiger partial charge is 0.416 e. The first-order valence-corrected chi connectivity index (χ1v) is 12.0. The van der Waals surface area contributed by atoms with Gasteiger partial charge in [0, 0.05) is 32.1 Å². The van der Waals surface area contributed by atoms with Gasteiger partial charge in [-0.2, -0.15) is 26.3 Å². The maximum Gasteiger partial charge on any atom is 0.416 e. The average molecular weight is 545 g/mol. The summed E-state index contributed by atoms with van der Waals surface area (Å²) >= 11 is 0. The fraction of sp³-hybridized carbons (Fsp3) is 0.462. The Kier molecular flexibility index (Phi) is 7.13. The summed E-state index contributed by atoms with van der Waals surface area (Å²) in [6.07, 6.45) is -9.45. The molecule has 2 aliphatic heterocycles. The molecule has 0 spiro atoms. The minimum Gasteiger partial charge on any atom is -0.335 e. The number of hydrogen-bond acceptors (Lipinski definition) is 2. The second kappa shape index (κ2) is 9.77.